The van der Waals surface area contributed by atoms with Crippen LogP contribution in [0.3, 0.4) is 0 Å². The van der Waals surface area contributed by atoms with Gasteiger partial charge >= 0.3 is 0 Å². The molecule has 3 rings (SSSR count). The molecule has 2 aromatic rings. The maximum absolute atomic E-state index is 12.3. The molecular weight excluding hydrogens is 531 g/mol. The van der Waals surface area contributed by atoms with Gasteiger partial charge in [0, 0.05) is 38.3 Å². The summed E-state index contributed by atoms with van der Waals surface area (Å²) in [5, 5.41) is 6.44. The summed E-state index contributed by atoms with van der Waals surface area (Å²) in [5.74, 6) is 2.33. The summed E-state index contributed by atoms with van der Waals surface area (Å²) in [7, 11) is 5.12. The first-order chi connectivity index (χ1) is 15.5. The molecule has 1 unspecified atom stereocenters. The summed E-state index contributed by atoms with van der Waals surface area (Å²) < 4.78 is 10.9. The number of carbonyl (C=O) groups is 1. The number of nitrogens with one attached hydrogen (secondary N) is 2. The molecule has 33 heavy (non-hydrogen) atoms. The summed E-state index contributed by atoms with van der Waals surface area (Å²) in [6.07, 6.45) is 1.82. The van der Waals surface area contributed by atoms with Gasteiger partial charge in [0.1, 0.15) is 0 Å². The van der Waals surface area contributed by atoms with Crippen molar-refractivity contribution in [3.63, 3.8) is 0 Å². The van der Waals surface area contributed by atoms with Gasteiger partial charge in [-0.3, -0.25) is 9.79 Å². The van der Waals surface area contributed by atoms with Crippen LogP contribution < -0.4 is 20.1 Å². The van der Waals surface area contributed by atoms with Gasteiger partial charge in [0.15, 0.2) is 17.5 Å². The summed E-state index contributed by atoms with van der Waals surface area (Å²) in [5.41, 5.74) is 4.26. The van der Waals surface area contributed by atoms with Gasteiger partial charge in [-0.25, -0.2) is 0 Å². The van der Waals surface area contributed by atoms with Crippen LogP contribution in [0.15, 0.2) is 41.4 Å². The van der Waals surface area contributed by atoms with E-state index in [2.05, 4.69) is 39.6 Å². The molecule has 0 aliphatic carbocycles. The summed E-state index contributed by atoms with van der Waals surface area (Å²) in [6.45, 7) is 6.32. The lowest BCUT2D eigenvalue weighted by Crippen LogP contribution is -2.43. The van der Waals surface area contributed by atoms with E-state index in [9.17, 15) is 4.79 Å². The Morgan fingerprint density at radius 3 is 2.33 bits per heavy atom. The average Bonchev–Trinajstić information content (AvgIpc) is 2.83. The highest BCUT2D eigenvalue weighted by Crippen LogP contribution is 2.33. The van der Waals surface area contributed by atoms with Crippen LogP contribution in [0.25, 0.3) is 0 Å². The minimum atomic E-state index is -0.0336. The number of methoxy groups -OCH3 is 2. The van der Waals surface area contributed by atoms with Gasteiger partial charge < -0.3 is 25.0 Å². The average molecular weight is 566 g/mol. The van der Waals surface area contributed by atoms with Gasteiger partial charge in [-0.1, -0.05) is 19.1 Å². The zero-order chi connectivity index (χ0) is 23.1. The number of aliphatic imine (C=N–C) groups is 1. The maximum atomic E-state index is 12.3. The Labute approximate surface area is 214 Å². The number of carbonyl (C=O) groups excluding carboxylic acids is 1. The minimum Gasteiger partial charge on any atom is -0.493 e. The van der Waals surface area contributed by atoms with Crippen molar-refractivity contribution in [2.24, 2.45) is 4.99 Å². The van der Waals surface area contributed by atoms with Crippen molar-refractivity contribution < 1.29 is 14.3 Å². The van der Waals surface area contributed by atoms with Gasteiger partial charge in [-0.15, -0.1) is 24.0 Å². The van der Waals surface area contributed by atoms with Crippen molar-refractivity contribution in [2.45, 2.75) is 45.8 Å². The molecule has 0 spiro atoms. The first-order valence-electron chi connectivity index (χ1n) is 11.1. The van der Waals surface area contributed by atoms with E-state index in [-0.39, 0.29) is 35.9 Å². The van der Waals surface area contributed by atoms with Crippen molar-refractivity contribution in [3.8, 4) is 11.5 Å². The van der Waals surface area contributed by atoms with Crippen molar-refractivity contribution >= 4 is 35.8 Å². The topological polar surface area (TPSA) is 75.2 Å². The smallest absolute Gasteiger partial charge is 0.251 e. The van der Waals surface area contributed by atoms with Crippen LogP contribution >= 0.6 is 24.0 Å². The molecule has 0 bridgehead atoms. The quantitative estimate of drug-likeness (QED) is 0.302. The summed E-state index contributed by atoms with van der Waals surface area (Å²) >= 11 is 0. The van der Waals surface area contributed by atoms with Gasteiger partial charge in [0.05, 0.1) is 14.2 Å². The molecule has 2 N–H and O–H groups in total. The molecular formula is C25H35IN4O3. The first-order valence-corrected chi connectivity index (χ1v) is 11.1. The SMILES string of the molecule is CCC(C)NC(=O)c1ccc(CNC(=NC)N2CCc3cc(OC)c(OC)cc3C2)cc1.I. The lowest BCUT2D eigenvalue weighted by molar-refractivity contribution is 0.0939. The Balaban J connectivity index is 0.00000385. The second kappa shape index (κ2) is 12.7. The zero-order valence-electron chi connectivity index (χ0n) is 20.1. The van der Waals surface area contributed by atoms with Crippen molar-refractivity contribution in [2.75, 3.05) is 27.8 Å². The van der Waals surface area contributed by atoms with E-state index < -0.39 is 0 Å². The minimum absolute atomic E-state index is 0. The highest BCUT2D eigenvalue weighted by molar-refractivity contribution is 14.0. The van der Waals surface area contributed by atoms with E-state index >= 15 is 0 Å². The normalized spacial score (nSPS) is 14.0. The third kappa shape index (κ3) is 6.75. The molecule has 1 amide bonds. The molecule has 0 saturated carbocycles. The second-order valence-electron chi connectivity index (χ2n) is 8.03. The maximum Gasteiger partial charge on any atom is 0.251 e. The van der Waals surface area contributed by atoms with E-state index in [4.69, 9.17) is 9.47 Å². The molecule has 0 radical (unpaired) electrons. The number of hydrogen-bond acceptors (Lipinski definition) is 4. The molecule has 0 fully saturated rings. The van der Waals surface area contributed by atoms with Crippen molar-refractivity contribution in [1.29, 1.82) is 0 Å². The van der Waals surface area contributed by atoms with E-state index in [1.165, 1.54) is 11.1 Å². The van der Waals surface area contributed by atoms with E-state index in [0.29, 0.717) is 12.1 Å². The fourth-order valence-corrected chi connectivity index (χ4v) is 3.76. The van der Waals surface area contributed by atoms with E-state index in [1.807, 2.05) is 31.2 Å². The van der Waals surface area contributed by atoms with Crippen LogP contribution in [0, 0.1) is 0 Å². The Morgan fingerprint density at radius 1 is 1.12 bits per heavy atom. The first kappa shape index (κ1) is 26.8. The van der Waals surface area contributed by atoms with E-state index in [1.54, 1.807) is 21.3 Å². The summed E-state index contributed by atoms with van der Waals surface area (Å²) in [6, 6.07) is 12.0. The fraction of sp³-hybridized carbons (Fsp3) is 0.440. The van der Waals surface area contributed by atoms with Crippen molar-refractivity contribution in [3.05, 3.63) is 58.7 Å². The second-order valence-corrected chi connectivity index (χ2v) is 8.03. The number of hydrogen-bond donors (Lipinski definition) is 2. The van der Waals surface area contributed by atoms with Gasteiger partial charge in [-0.2, -0.15) is 0 Å². The number of rotatable bonds is 7. The summed E-state index contributed by atoms with van der Waals surface area (Å²) in [4.78, 5) is 19.0. The predicted molar refractivity (Wildman–Crippen MR) is 143 cm³/mol. The lowest BCUT2D eigenvalue weighted by atomic mass is 9.99. The number of amides is 1. The number of ether oxygens (including phenoxy) is 2. The number of halogens is 1. The van der Waals surface area contributed by atoms with Crippen LogP contribution in [0.1, 0.15) is 47.3 Å². The molecule has 0 saturated heterocycles. The monoisotopic (exact) mass is 566 g/mol. The largest absolute Gasteiger partial charge is 0.493 e. The lowest BCUT2D eigenvalue weighted by Gasteiger charge is -2.32. The van der Waals surface area contributed by atoms with Crippen LogP contribution in [-0.2, 0) is 19.5 Å². The predicted octanol–water partition coefficient (Wildman–Crippen LogP) is 3.98. The molecule has 1 aliphatic rings. The molecule has 1 aliphatic heterocycles. The number of benzene rings is 2. The molecule has 1 atom stereocenters. The van der Waals surface area contributed by atoms with Gasteiger partial charge in [-0.05, 0) is 60.7 Å². The highest BCUT2D eigenvalue weighted by atomic mass is 127. The highest BCUT2D eigenvalue weighted by Gasteiger charge is 2.21. The molecule has 1 heterocycles. The van der Waals surface area contributed by atoms with E-state index in [0.717, 1.165) is 49.0 Å². The molecule has 7 nitrogen and oxygen atoms in total. The Kier molecular flexibility index (Phi) is 10.3. The van der Waals surface area contributed by atoms with Crippen LogP contribution in [0.5, 0.6) is 11.5 Å². The van der Waals surface area contributed by atoms with Crippen LogP contribution in [-0.4, -0.2) is 50.6 Å². The van der Waals surface area contributed by atoms with Gasteiger partial charge in [0.25, 0.3) is 5.91 Å². The Bertz CT molecular complexity index is 963. The third-order valence-corrected chi connectivity index (χ3v) is 5.89. The molecule has 2 aromatic carbocycles. The van der Waals surface area contributed by atoms with Crippen LogP contribution in [0.4, 0.5) is 0 Å². The molecule has 180 valence electrons. The Hall–Kier alpha value is -2.49. The molecule has 0 aromatic heterocycles. The fourth-order valence-electron chi connectivity index (χ4n) is 3.76. The standard InChI is InChI=1S/C25H34N4O3.HI/c1-6-17(2)28-24(30)19-9-7-18(8-10-19)15-27-25(26-3)29-12-11-20-13-22(31-4)23(32-5)14-21(20)16-29;/h7-10,13-14,17H,6,11-12,15-16H2,1-5H3,(H,26,27)(H,28,30);1H. The van der Waals surface area contributed by atoms with Crippen molar-refractivity contribution in [1.82, 2.24) is 15.5 Å². The number of fused-ring (bicyclic) bond motifs is 1. The third-order valence-electron chi connectivity index (χ3n) is 5.89. The van der Waals surface area contributed by atoms with Crippen LogP contribution in [0.2, 0.25) is 0 Å². The number of nitrogens with zero attached hydrogens (tertiary/aromatic N) is 2. The molecule has 8 heteroatoms. The number of guanidine groups is 1. The zero-order valence-corrected chi connectivity index (χ0v) is 22.4. The van der Waals surface area contributed by atoms with Gasteiger partial charge in [0.2, 0.25) is 0 Å². The Morgan fingerprint density at radius 2 is 1.76 bits per heavy atom.